The molecule has 1 saturated heterocycles. The van der Waals surface area contributed by atoms with Crippen LogP contribution in [0.3, 0.4) is 0 Å². The average Bonchev–Trinajstić information content (AvgIpc) is 2.30. The minimum absolute atomic E-state index is 0.114. The summed E-state index contributed by atoms with van der Waals surface area (Å²) in [5, 5.41) is 9.62. The highest BCUT2D eigenvalue weighted by Gasteiger charge is 2.19. The van der Waals surface area contributed by atoms with E-state index in [1.54, 1.807) is 0 Å². The molecule has 1 N–H and O–H groups in total. The number of aliphatic hydroxyl groups excluding tert-OH is 1. The average molecular weight is 219 g/mol. The van der Waals surface area contributed by atoms with Crippen LogP contribution in [-0.2, 0) is 0 Å². The second kappa shape index (κ2) is 5.46. The van der Waals surface area contributed by atoms with E-state index in [0.717, 1.165) is 32.5 Å². The summed E-state index contributed by atoms with van der Waals surface area (Å²) in [4.78, 5) is 2.38. The van der Waals surface area contributed by atoms with Crippen LogP contribution in [-0.4, -0.2) is 35.7 Å². The molecule has 0 spiro atoms. The predicted octanol–water partition coefficient (Wildman–Crippen LogP) is 2.25. The zero-order valence-corrected chi connectivity index (χ0v) is 9.97. The zero-order chi connectivity index (χ0) is 11.4. The molecule has 0 unspecified atom stereocenters. The Balaban J connectivity index is 1.89. The maximum atomic E-state index is 9.62. The molecule has 1 fully saturated rings. The fourth-order valence-electron chi connectivity index (χ4n) is 2.47. The van der Waals surface area contributed by atoms with Gasteiger partial charge in [0.05, 0.1) is 6.10 Å². The van der Waals surface area contributed by atoms with Gasteiger partial charge < -0.3 is 10.0 Å². The Morgan fingerprint density at radius 3 is 2.81 bits per heavy atom. The summed E-state index contributed by atoms with van der Waals surface area (Å²) in [7, 11) is 0. The summed E-state index contributed by atoms with van der Waals surface area (Å²) in [6.45, 7) is 5.29. The van der Waals surface area contributed by atoms with Gasteiger partial charge in [-0.3, -0.25) is 0 Å². The van der Waals surface area contributed by atoms with Gasteiger partial charge in [-0.15, -0.1) is 0 Å². The van der Waals surface area contributed by atoms with Crippen LogP contribution in [0.2, 0.25) is 0 Å². The molecule has 0 aliphatic carbocycles. The highest BCUT2D eigenvalue weighted by Crippen LogP contribution is 2.18. The van der Waals surface area contributed by atoms with E-state index in [4.69, 9.17) is 0 Å². The molecule has 1 aromatic rings. The monoisotopic (exact) mass is 219 g/mol. The zero-order valence-electron chi connectivity index (χ0n) is 9.97. The van der Waals surface area contributed by atoms with E-state index in [1.807, 2.05) is 0 Å². The van der Waals surface area contributed by atoms with Crippen molar-refractivity contribution in [2.45, 2.75) is 31.8 Å². The first-order chi connectivity index (χ1) is 7.75. The molecular formula is C14H21NO. The molecule has 0 amide bonds. The van der Waals surface area contributed by atoms with E-state index in [-0.39, 0.29) is 6.10 Å². The first-order valence-corrected chi connectivity index (χ1v) is 6.21. The van der Waals surface area contributed by atoms with Gasteiger partial charge in [-0.25, -0.2) is 0 Å². The number of benzene rings is 1. The van der Waals surface area contributed by atoms with Crippen molar-refractivity contribution < 1.29 is 5.11 Å². The fraction of sp³-hybridized carbons (Fsp3) is 0.571. The number of piperidine rings is 1. The van der Waals surface area contributed by atoms with Crippen LogP contribution in [0.25, 0.3) is 0 Å². The highest BCUT2D eigenvalue weighted by molar-refractivity contribution is 5.19. The lowest BCUT2D eigenvalue weighted by Crippen LogP contribution is -2.40. The number of nitrogens with zero attached hydrogens (tertiary/aromatic N) is 1. The third-order valence-electron chi connectivity index (χ3n) is 3.38. The molecule has 2 atom stereocenters. The molecule has 2 nitrogen and oxygen atoms in total. The number of likely N-dealkylation sites (tertiary alicyclic amines) is 1. The third-order valence-corrected chi connectivity index (χ3v) is 3.38. The van der Waals surface area contributed by atoms with Crippen LogP contribution in [0, 0.1) is 0 Å². The Bertz CT molecular complexity index is 312. The predicted molar refractivity (Wildman–Crippen MR) is 66.5 cm³/mol. The molecule has 0 aromatic heterocycles. The fourth-order valence-corrected chi connectivity index (χ4v) is 2.47. The van der Waals surface area contributed by atoms with Crippen LogP contribution >= 0.6 is 0 Å². The molecule has 0 bridgehead atoms. The van der Waals surface area contributed by atoms with E-state index in [9.17, 15) is 5.11 Å². The first kappa shape index (κ1) is 11.6. The van der Waals surface area contributed by atoms with Crippen molar-refractivity contribution >= 4 is 0 Å². The van der Waals surface area contributed by atoms with Gasteiger partial charge in [0.1, 0.15) is 0 Å². The number of hydrogen-bond donors (Lipinski definition) is 1. The second-order valence-electron chi connectivity index (χ2n) is 4.87. The molecule has 1 aliphatic heterocycles. The van der Waals surface area contributed by atoms with Gasteiger partial charge in [-0.05, 0) is 30.9 Å². The summed E-state index contributed by atoms with van der Waals surface area (Å²) in [6, 6.07) is 10.6. The molecule has 1 heterocycles. The standard InChI is InChI=1S/C14H21NO/c1-12(13-6-3-2-4-7-13)10-15-9-5-8-14(16)11-15/h2-4,6-7,12,14,16H,5,8-11H2,1H3/t12-,14-/m1/s1. The quantitative estimate of drug-likeness (QED) is 0.843. The van der Waals surface area contributed by atoms with E-state index in [1.165, 1.54) is 5.56 Å². The molecule has 1 aliphatic rings. The third kappa shape index (κ3) is 3.06. The molecule has 2 rings (SSSR count). The van der Waals surface area contributed by atoms with Crippen molar-refractivity contribution in [3.63, 3.8) is 0 Å². The van der Waals surface area contributed by atoms with Crippen molar-refractivity contribution in [2.75, 3.05) is 19.6 Å². The SMILES string of the molecule is C[C@H](CN1CCC[C@@H](O)C1)c1ccccc1. The van der Waals surface area contributed by atoms with E-state index < -0.39 is 0 Å². The number of β-amino-alcohol motifs (C(OH)–C–C–N with tert-alkyl or cyclic N) is 1. The normalized spacial score (nSPS) is 24.2. The van der Waals surface area contributed by atoms with E-state index >= 15 is 0 Å². The van der Waals surface area contributed by atoms with Crippen LogP contribution in [0.5, 0.6) is 0 Å². The summed E-state index contributed by atoms with van der Waals surface area (Å²) in [5.41, 5.74) is 1.39. The summed E-state index contributed by atoms with van der Waals surface area (Å²) >= 11 is 0. The van der Waals surface area contributed by atoms with Crippen LogP contribution < -0.4 is 0 Å². The maximum absolute atomic E-state index is 9.62. The Hall–Kier alpha value is -0.860. The van der Waals surface area contributed by atoms with Gasteiger partial charge in [-0.1, -0.05) is 37.3 Å². The van der Waals surface area contributed by atoms with Gasteiger partial charge in [-0.2, -0.15) is 0 Å². The molecule has 16 heavy (non-hydrogen) atoms. The smallest absolute Gasteiger partial charge is 0.0667 e. The Morgan fingerprint density at radius 2 is 2.12 bits per heavy atom. The maximum Gasteiger partial charge on any atom is 0.0667 e. The summed E-state index contributed by atoms with van der Waals surface area (Å²) < 4.78 is 0. The second-order valence-corrected chi connectivity index (χ2v) is 4.87. The van der Waals surface area contributed by atoms with Gasteiger partial charge >= 0.3 is 0 Å². The molecule has 88 valence electrons. The lowest BCUT2D eigenvalue weighted by molar-refractivity contribution is 0.0682. The number of hydrogen-bond acceptors (Lipinski definition) is 2. The van der Waals surface area contributed by atoms with Crippen molar-refractivity contribution in [3.05, 3.63) is 35.9 Å². The van der Waals surface area contributed by atoms with Crippen molar-refractivity contribution in [3.8, 4) is 0 Å². The summed E-state index contributed by atoms with van der Waals surface area (Å²) in [6.07, 6.45) is 1.98. The van der Waals surface area contributed by atoms with E-state index in [0.29, 0.717) is 5.92 Å². The largest absolute Gasteiger partial charge is 0.392 e. The van der Waals surface area contributed by atoms with Gasteiger partial charge in [0.15, 0.2) is 0 Å². The molecule has 0 saturated carbocycles. The van der Waals surface area contributed by atoms with Gasteiger partial charge in [0, 0.05) is 13.1 Å². The minimum Gasteiger partial charge on any atom is -0.392 e. The van der Waals surface area contributed by atoms with Crippen LogP contribution in [0.4, 0.5) is 0 Å². The van der Waals surface area contributed by atoms with Crippen LogP contribution in [0.15, 0.2) is 30.3 Å². The molecule has 0 radical (unpaired) electrons. The first-order valence-electron chi connectivity index (χ1n) is 6.21. The number of rotatable bonds is 3. The van der Waals surface area contributed by atoms with Crippen LogP contribution in [0.1, 0.15) is 31.2 Å². The Morgan fingerprint density at radius 1 is 1.38 bits per heavy atom. The summed E-state index contributed by atoms with van der Waals surface area (Å²) in [5.74, 6) is 0.548. The Labute approximate surface area is 97.9 Å². The topological polar surface area (TPSA) is 23.5 Å². The van der Waals surface area contributed by atoms with Crippen molar-refractivity contribution in [1.82, 2.24) is 4.90 Å². The Kier molecular flexibility index (Phi) is 3.97. The lowest BCUT2D eigenvalue weighted by atomic mass is 9.99. The van der Waals surface area contributed by atoms with Gasteiger partial charge in [0.25, 0.3) is 0 Å². The minimum atomic E-state index is -0.114. The molecule has 1 aromatic carbocycles. The van der Waals surface area contributed by atoms with Gasteiger partial charge in [0.2, 0.25) is 0 Å². The van der Waals surface area contributed by atoms with E-state index in [2.05, 4.69) is 42.2 Å². The van der Waals surface area contributed by atoms with Crippen molar-refractivity contribution in [1.29, 1.82) is 0 Å². The van der Waals surface area contributed by atoms with Crippen molar-refractivity contribution in [2.24, 2.45) is 0 Å². The lowest BCUT2D eigenvalue weighted by Gasteiger charge is -2.32. The molecule has 2 heteroatoms. The number of aliphatic hydroxyl groups is 1. The highest BCUT2D eigenvalue weighted by atomic mass is 16.3. The molecular weight excluding hydrogens is 198 g/mol.